The fourth-order valence-corrected chi connectivity index (χ4v) is 2.27. The van der Waals surface area contributed by atoms with Crippen LogP contribution in [-0.2, 0) is 27.4 Å². The first kappa shape index (κ1) is 17.7. The Morgan fingerprint density at radius 3 is 2.12 bits per heavy atom. The zero-order valence-corrected chi connectivity index (χ0v) is 13.4. The predicted molar refractivity (Wildman–Crippen MR) is 90.4 cm³/mol. The second kappa shape index (κ2) is 9.47. The maximum atomic E-state index is 11.8. The fourth-order valence-electron chi connectivity index (χ4n) is 2.27. The lowest BCUT2D eigenvalue weighted by molar-refractivity contribution is -0.141. The van der Waals surface area contributed by atoms with E-state index in [0.29, 0.717) is 13.0 Å². The van der Waals surface area contributed by atoms with E-state index >= 15 is 0 Å². The normalized spacial score (nSPS) is 11.7. The van der Waals surface area contributed by atoms with Crippen molar-refractivity contribution in [2.24, 2.45) is 5.92 Å². The van der Waals surface area contributed by atoms with Crippen LogP contribution >= 0.6 is 0 Å². The number of rotatable bonds is 9. The van der Waals surface area contributed by atoms with Gasteiger partial charge in [-0.15, -0.1) is 0 Å². The molecule has 0 aliphatic rings. The number of hydrogen-bond acceptors (Lipinski definition) is 3. The first-order valence-electron chi connectivity index (χ1n) is 7.80. The Morgan fingerprint density at radius 1 is 0.958 bits per heavy atom. The van der Waals surface area contributed by atoms with Gasteiger partial charge < -0.3 is 15.2 Å². The summed E-state index contributed by atoms with van der Waals surface area (Å²) in [5.74, 6) is -1.90. The highest BCUT2D eigenvalue weighted by molar-refractivity contribution is 5.78. The summed E-state index contributed by atoms with van der Waals surface area (Å²) in [5, 5.41) is 11.9. The van der Waals surface area contributed by atoms with Crippen molar-refractivity contribution in [3.8, 4) is 0 Å². The molecule has 0 aliphatic carbocycles. The number of nitrogens with one attached hydrogen (secondary N) is 1. The molecule has 0 heterocycles. The topological polar surface area (TPSA) is 75.6 Å². The number of carboxylic acids is 1. The molecule has 0 radical (unpaired) electrons. The minimum Gasteiger partial charge on any atom is -0.481 e. The molecule has 0 fully saturated rings. The molecular weight excluding hydrogens is 306 g/mol. The van der Waals surface area contributed by atoms with Gasteiger partial charge in [0.15, 0.2) is 0 Å². The number of carboxylic acid groups (broad SMARTS) is 1. The van der Waals surface area contributed by atoms with Crippen molar-refractivity contribution < 1.29 is 19.4 Å². The van der Waals surface area contributed by atoms with E-state index in [9.17, 15) is 14.7 Å². The number of amides is 1. The number of benzene rings is 2. The Balaban J connectivity index is 1.73. The molecule has 24 heavy (non-hydrogen) atoms. The van der Waals surface area contributed by atoms with Crippen LogP contribution in [0.5, 0.6) is 0 Å². The molecule has 2 rings (SSSR count). The van der Waals surface area contributed by atoms with Gasteiger partial charge in [-0.05, 0) is 17.5 Å². The molecule has 2 aromatic carbocycles. The molecule has 5 heteroatoms. The molecule has 0 saturated heterocycles. The first-order chi connectivity index (χ1) is 11.6. The molecule has 1 unspecified atom stereocenters. The van der Waals surface area contributed by atoms with Crippen molar-refractivity contribution in [1.29, 1.82) is 0 Å². The number of hydrogen-bond donors (Lipinski definition) is 2. The summed E-state index contributed by atoms with van der Waals surface area (Å²) in [4.78, 5) is 23.1. The monoisotopic (exact) mass is 327 g/mol. The van der Waals surface area contributed by atoms with E-state index in [-0.39, 0.29) is 19.1 Å². The van der Waals surface area contributed by atoms with Gasteiger partial charge in [0.1, 0.15) is 6.61 Å². The van der Waals surface area contributed by atoms with Crippen LogP contribution in [0.25, 0.3) is 0 Å². The van der Waals surface area contributed by atoms with Crippen molar-refractivity contribution in [2.45, 2.75) is 13.0 Å². The van der Waals surface area contributed by atoms with Crippen LogP contribution in [0.15, 0.2) is 60.7 Å². The minimum atomic E-state index is -0.927. The largest absolute Gasteiger partial charge is 0.481 e. The van der Waals surface area contributed by atoms with Gasteiger partial charge in [-0.1, -0.05) is 60.7 Å². The zero-order valence-electron chi connectivity index (χ0n) is 13.4. The summed E-state index contributed by atoms with van der Waals surface area (Å²) < 4.78 is 5.33. The van der Waals surface area contributed by atoms with Crippen molar-refractivity contribution in [3.63, 3.8) is 0 Å². The zero-order chi connectivity index (χ0) is 17.2. The molecule has 126 valence electrons. The van der Waals surface area contributed by atoms with Crippen LogP contribution in [0.1, 0.15) is 11.1 Å². The number of ether oxygens (including phenoxy) is 1. The Labute approximate surface area is 141 Å². The van der Waals surface area contributed by atoms with Gasteiger partial charge in [0.25, 0.3) is 0 Å². The summed E-state index contributed by atoms with van der Waals surface area (Å²) in [5.41, 5.74) is 1.91. The molecule has 0 aromatic heterocycles. The van der Waals surface area contributed by atoms with Gasteiger partial charge in [-0.25, -0.2) is 0 Å². The van der Waals surface area contributed by atoms with Gasteiger partial charge in [-0.3, -0.25) is 9.59 Å². The molecule has 2 N–H and O–H groups in total. The maximum Gasteiger partial charge on any atom is 0.308 e. The third-order valence-corrected chi connectivity index (χ3v) is 3.56. The van der Waals surface area contributed by atoms with E-state index in [0.717, 1.165) is 11.1 Å². The van der Waals surface area contributed by atoms with E-state index in [4.69, 9.17) is 4.74 Å². The molecule has 0 spiro atoms. The smallest absolute Gasteiger partial charge is 0.308 e. The van der Waals surface area contributed by atoms with E-state index < -0.39 is 11.9 Å². The summed E-state index contributed by atoms with van der Waals surface area (Å²) >= 11 is 0. The van der Waals surface area contributed by atoms with Crippen LogP contribution in [0.3, 0.4) is 0 Å². The Morgan fingerprint density at radius 2 is 1.54 bits per heavy atom. The van der Waals surface area contributed by atoms with Crippen LogP contribution in [-0.4, -0.2) is 30.1 Å². The SMILES string of the molecule is O=C(COCc1ccccc1)NCC(Cc1ccccc1)C(=O)O. The Kier molecular flexibility index (Phi) is 6.98. The summed E-state index contributed by atoms with van der Waals surface area (Å²) in [6.07, 6.45) is 0.376. The fraction of sp³-hybridized carbons (Fsp3) is 0.263. The first-order valence-corrected chi connectivity index (χ1v) is 7.80. The lowest BCUT2D eigenvalue weighted by atomic mass is 9.99. The number of carbonyl (C=O) groups excluding carboxylic acids is 1. The highest BCUT2D eigenvalue weighted by Gasteiger charge is 2.18. The molecule has 0 bridgehead atoms. The third-order valence-electron chi connectivity index (χ3n) is 3.56. The lowest BCUT2D eigenvalue weighted by Crippen LogP contribution is -2.36. The molecule has 2 aromatic rings. The van der Waals surface area contributed by atoms with Crippen LogP contribution < -0.4 is 5.32 Å². The van der Waals surface area contributed by atoms with E-state index in [1.165, 1.54) is 0 Å². The highest BCUT2D eigenvalue weighted by atomic mass is 16.5. The second-order valence-electron chi connectivity index (χ2n) is 5.51. The van der Waals surface area contributed by atoms with Crippen molar-refractivity contribution in [3.05, 3.63) is 71.8 Å². The summed E-state index contributed by atoms with van der Waals surface area (Å²) in [6, 6.07) is 18.9. The van der Waals surface area contributed by atoms with Crippen molar-refractivity contribution in [2.75, 3.05) is 13.2 Å². The predicted octanol–water partition coefficient (Wildman–Crippen LogP) is 2.26. The average molecular weight is 327 g/mol. The highest BCUT2D eigenvalue weighted by Crippen LogP contribution is 2.08. The van der Waals surface area contributed by atoms with Gasteiger partial charge >= 0.3 is 5.97 Å². The second-order valence-corrected chi connectivity index (χ2v) is 5.51. The third kappa shape index (κ3) is 6.22. The number of aliphatic carboxylic acids is 1. The van der Waals surface area contributed by atoms with Gasteiger partial charge in [-0.2, -0.15) is 0 Å². The van der Waals surface area contributed by atoms with E-state index in [2.05, 4.69) is 5.32 Å². The van der Waals surface area contributed by atoms with Crippen LogP contribution in [0.2, 0.25) is 0 Å². The van der Waals surface area contributed by atoms with Gasteiger partial charge in [0.2, 0.25) is 5.91 Å². The quantitative estimate of drug-likeness (QED) is 0.741. The standard InChI is InChI=1S/C19H21NO4/c21-18(14-24-13-16-9-5-2-6-10-16)20-12-17(19(22)23)11-15-7-3-1-4-8-15/h1-10,17H,11-14H2,(H,20,21)(H,22,23). The Hall–Kier alpha value is -2.66. The van der Waals surface area contributed by atoms with Gasteiger partial charge in [0.05, 0.1) is 12.5 Å². The summed E-state index contributed by atoms with van der Waals surface area (Å²) in [7, 11) is 0. The Bertz CT molecular complexity index is 643. The molecule has 5 nitrogen and oxygen atoms in total. The van der Waals surface area contributed by atoms with Crippen LogP contribution in [0, 0.1) is 5.92 Å². The van der Waals surface area contributed by atoms with E-state index in [1.54, 1.807) is 0 Å². The van der Waals surface area contributed by atoms with Crippen LogP contribution in [0.4, 0.5) is 0 Å². The maximum absolute atomic E-state index is 11.8. The molecule has 1 atom stereocenters. The minimum absolute atomic E-state index is 0.0811. The van der Waals surface area contributed by atoms with Crippen molar-refractivity contribution >= 4 is 11.9 Å². The molecule has 0 aliphatic heterocycles. The van der Waals surface area contributed by atoms with Crippen molar-refractivity contribution in [1.82, 2.24) is 5.32 Å². The lowest BCUT2D eigenvalue weighted by Gasteiger charge is -2.13. The number of carbonyl (C=O) groups is 2. The van der Waals surface area contributed by atoms with Gasteiger partial charge in [0, 0.05) is 6.54 Å². The average Bonchev–Trinajstić information content (AvgIpc) is 2.60. The molecule has 1 amide bonds. The summed E-state index contributed by atoms with van der Waals surface area (Å²) in [6.45, 7) is 0.338. The molecular formula is C19H21NO4. The molecule has 0 saturated carbocycles. The van der Waals surface area contributed by atoms with E-state index in [1.807, 2.05) is 60.7 Å².